The second-order valence-corrected chi connectivity index (χ2v) is 8.30. The lowest BCUT2D eigenvalue weighted by Crippen LogP contribution is -2.52. The van der Waals surface area contributed by atoms with Crippen molar-refractivity contribution in [2.24, 2.45) is 0 Å². The van der Waals surface area contributed by atoms with Crippen LogP contribution in [0.5, 0.6) is 0 Å². The Morgan fingerprint density at radius 1 is 1.13 bits per heavy atom. The van der Waals surface area contributed by atoms with Gasteiger partial charge in [0.1, 0.15) is 12.1 Å². The number of likely N-dealkylation sites (tertiary alicyclic amines) is 1. The molecule has 2 saturated heterocycles. The molecule has 2 aromatic rings. The lowest BCUT2D eigenvalue weighted by molar-refractivity contribution is -0.138. The van der Waals surface area contributed by atoms with Crippen molar-refractivity contribution in [3.05, 3.63) is 47.5 Å². The van der Waals surface area contributed by atoms with Gasteiger partial charge in [-0.1, -0.05) is 30.3 Å². The highest BCUT2D eigenvalue weighted by Gasteiger charge is 2.39. The number of amides is 4. The summed E-state index contributed by atoms with van der Waals surface area (Å²) in [7, 11) is 0. The van der Waals surface area contributed by atoms with Gasteiger partial charge in [-0.05, 0) is 18.4 Å². The molecule has 9 nitrogen and oxygen atoms in total. The normalized spacial score (nSPS) is 19.7. The fourth-order valence-electron chi connectivity index (χ4n) is 3.86. The van der Waals surface area contributed by atoms with Crippen LogP contribution in [0.3, 0.4) is 0 Å². The zero-order valence-electron chi connectivity index (χ0n) is 17.0. The van der Waals surface area contributed by atoms with Crippen LogP contribution in [-0.4, -0.2) is 71.5 Å². The molecule has 1 aromatic heterocycles. The molecule has 3 heterocycles. The third kappa shape index (κ3) is 5.02. The van der Waals surface area contributed by atoms with Gasteiger partial charge in [0.05, 0.1) is 13.2 Å². The summed E-state index contributed by atoms with van der Waals surface area (Å²) >= 11 is 1.33. The van der Waals surface area contributed by atoms with Crippen LogP contribution in [-0.2, 0) is 14.3 Å². The lowest BCUT2D eigenvalue weighted by Gasteiger charge is -2.32. The molecule has 2 aliphatic rings. The first-order valence-corrected chi connectivity index (χ1v) is 11.2. The number of hydrogen-bond donors (Lipinski definition) is 2. The first kappa shape index (κ1) is 21.3. The smallest absolute Gasteiger partial charge is 0.318 e. The molecule has 2 atom stereocenters. The number of thiazole rings is 1. The molecule has 2 aliphatic heterocycles. The molecule has 4 amide bonds. The monoisotopic (exact) mass is 443 g/mol. The summed E-state index contributed by atoms with van der Waals surface area (Å²) in [5, 5.41) is 7.95. The van der Waals surface area contributed by atoms with Crippen LogP contribution in [0.4, 0.5) is 9.93 Å². The van der Waals surface area contributed by atoms with Crippen LogP contribution in [0.2, 0.25) is 0 Å². The quantitative estimate of drug-likeness (QED) is 0.734. The van der Waals surface area contributed by atoms with E-state index in [1.807, 2.05) is 30.3 Å². The molecule has 0 spiro atoms. The largest absolute Gasteiger partial charge is 0.378 e. The molecule has 2 N–H and O–H groups in total. The molecular weight excluding hydrogens is 418 g/mol. The maximum Gasteiger partial charge on any atom is 0.318 e. The summed E-state index contributed by atoms with van der Waals surface area (Å²) in [5.41, 5.74) is 0.681. The molecule has 0 saturated carbocycles. The van der Waals surface area contributed by atoms with Crippen molar-refractivity contribution in [1.29, 1.82) is 0 Å². The Bertz CT molecular complexity index is 902. The first-order chi connectivity index (χ1) is 15.1. The van der Waals surface area contributed by atoms with E-state index in [4.69, 9.17) is 4.74 Å². The number of nitrogens with zero attached hydrogens (tertiary/aromatic N) is 3. The number of benzene rings is 1. The van der Waals surface area contributed by atoms with E-state index in [0.29, 0.717) is 50.0 Å². The molecule has 31 heavy (non-hydrogen) atoms. The van der Waals surface area contributed by atoms with Gasteiger partial charge in [0.2, 0.25) is 5.91 Å². The topological polar surface area (TPSA) is 104 Å². The van der Waals surface area contributed by atoms with Gasteiger partial charge >= 0.3 is 6.03 Å². The van der Waals surface area contributed by atoms with E-state index in [1.165, 1.54) is 11.3 Å². The van der Waals surface area contributed by atoms with Crippen molar-refractivity contribution in [3.8, 4) is 0 Å². The van der Waals surface area contributed by atoms with Crippen molar-refractivity contribution in [2.45, 2.75) is 24.9 Å². The van der Waals surface area contributed by atoms with Crippen LogP contribution >= 0.6 is 11.3 Å². The van der Waals surface area contributed by atoms with E-state index in [1.54, 1.807) is 21.4 Å². The van der Waals surface area contributed by atoms with E-state index in [9.17, 15) is 14.4 Å². The van der Waals surface area contributed by atoms with Crippen LogP contribution in [0, 0.1) is 0 Å². The average molecular weight is 444 g/mol. The average Bonchev–Trinajstić information content (AvgIpc) is 3.50. The fourth-order valence-corrected chi connectivity index (χ4v) is 4.39. The number of hydrogen-bond acceptors (Lipinski definition) is 6. The predicted octanol–water partition coefficient (Wildman–Crippen LogP) is 1.86. The van der Waals surface area contributed by atoms with Crippen molar-refractivity contribution in [1.82, 2.24) is 20.1 Å². The molecule has 4 rings (SSSR count). The third-order valence-electron chi connectivity index (χ3n) is 5.45. The SMILES string of the molecule is O=C(Nc1nccs1)[C@@H]1CCCN1C(=O)[C@H](NC(=O)N1CCOCC1)c1ccccc1. The van der Waals surface area contributed by atoms with Gasteiger partial charge in [-0.3, -0.25) is 9.59 Å². The zero-order chi connectivity index (χ0) is 21.6. The van der Waals surface area contributed by atoms with E-state index in [2.05, 4.69) is 15.6 Å². The number of nitrogens with one attached hydrogen (secondary N) is 2. The van der Waals surface area contributed by atoms with Crippen LogP contribution in [0.1, 0.15) is 24.4 Å². The molecular formula is C21H25N5O4S. The Labute approximate surface area is 184 Å². The standard InChI is InChI=1S/C21H25N5O4S/c27-18(24-20-22-8-14-31-20)16-7-4-9-26(16)19(28)17(15-5-2-1-3-6-15)23-21(29)25-10-12-30-13-11-25/h1-3,5-6,8,14,16-17H,4,7,9-13H2,(H,23,29)(H,22,24,27)/t16-,17+/m0/s1. The summed E-state index contributed by atoms with van der Waals surface area (Å²) in [4.78, 5) is 46.5. The highest BCUT2D eigenvalue weighted by atomic mass is 32.1. The minimum absolute atomic E-state index is 0.257. The Morgan fingerprint density at radius 2 is 1.90 bits per heavy atom. The molecule has 164 valence electrons. The first-order valence-electron chi connectivity index (χ1n) is 10.3. The number of carbonyl (C=O) groups is 3. The van der Waals surface area contributed by atoms with Gasteiger partial charge in [-0.15, -0.1) is 11.3 Å². The Morgan fingerprint density at radius 3 is 2.61 bits per heavy atom. The molecule has 0 bridgehead atoms. The van der Waals surface area contributed by atoms with Crippen LogP contribution in [0.15, 0.2) is 41.9 Å². The molecule has 0 unspecified atom stereocenters. The number of carbonyl (C=O) groups excluding carboxylic acids is 3. The number of anilines is 1. The third-order valence-corrected chi connectivity index (χ3v) is 6.14. The number of urea groups is 1. The van der Waals surface area contributed by atoms with Gasteiger partial charge in [0.15, 0.2) is 5.13 Å². The number of morpholine rings is 1. The summed E-state index contributed by atoms with van der Waals surface area (Å²) in [6.07, 6.45) is 2.91. The second kappa shape index (κ2) is 9.88. The minimum atomic E-state index is -0.871. The van der Waals surface area contributed by atoms with Gasteiger partial charge in [-0.2, -0.15) is 0 Å². The second-order valence-electron chi connectivity index (χ2n) is 7.41. The Balaban J connectivity index is 1.51. The van der Waals surface area contributed by atoms with E-state index in [0.717, 1.165) is 6.42 Å². The summed E-state index contributed by atoms with van der Waals surface area (Å²) in [6.45, 7) is 2.37. The highest BCUT2D eigenvalue weighted by Crippen LogP contribution is 2.25. The Kier molecular flexibility index (Phi) is 6.78. The summed E-state index contributed by atoms with van der Waals surface area (Å²) < 4.78 is 5.31. The van der Waals surface area contributed by atoms with Gasteiger partial charge in [0.25, 0.3) is 5.91 Å². The summed E-state index contributed by atoms with van der Waals surface area (Å²) in [5.74, 6) is -0.545. The molecule has 10 heteroatoms. The van der Waals surface area contributed by atoms with Crippen molar-refractivity contribution < 1.29 is 19.1 Å². The van der Waals surface area contributed by atoms with E-state index in [-0.39, 0.29) is 17.8 Å². The number of ether oxygens (including phenoxy) is 1. The van der Waals surface area contributed by atoms with Crippen LogP contribution < -0.4 is 10.6 Å². The molecule has 0 aliphatic carbocycles. The molecule has 1 aromatic carbocycles. The van der Waals surface area contributed by atoms with Crippen molar-refractivity contribution in [2.75, 3.05) is 38.2 Å². The maximum absolute atomic E-state index is 13.6. The van der Waals surface area contributed by atoms with Gasteiger partial charge in [0, 0.05) is 31.2 Å². The number of rotatable bonds is 5. The molecule has 2 fully saturated rings. The van der Waals surface area contributed by atoms with E-state index < -0.39 is 12.1 Å². The van der Waals surface area contributed by atoms with Gasteiger partial charge < -0.3 is 25.2 Å². The van der Waals surface area contributed by atoms with Crippen LogP contribution in [0.25, 0.3) is 0 Å². The van der Waals surface area contributed by atoms with E-state index >= 15 is 0 Å². The van der Waals surface area contributed by atoms with Crippen molar-refractivity contribution >= 4 is 34.3 Å². The number of aromatic nitrogens is 1. The Hall–Kier alpha value is -2.98. The summed E-state index contributed by atoms with van der Waals surface area (Å²) in [6, 6.07) is 7.35. The lowest BCUT2D eigenvalue weighted by atomic mass is 10.0. The fraction of sp³-hybridized carbons (Fsp3) is 0.429. The zero-order valence-corrected chi connectivity index (χ0v) is 17.8. The maximum atomic E-state index is 13.6. The highest BCUT2D eigenvalue weighted by molar-refractivity contribution is 7.13. The van der Waals surface area contributed by atoms with Gasteiger partial charge in [-0.25, -0.2) is 9.78 Å². The molecule has 0 radical (unpaired) electrons. The minimum Gasteiger partial charge on any atom is -0.378 e. The van der Waals surface area contributed by atoms with Crippen molar-refractivity contribution in [3.63, 3.8) is 0 Å². The predicted molar refractivity (Wildman–Crippen MR) is 116 cm³/mol.